The van der Waals surface area contributed by atoms with Crippen LogP contribution in [-0.4, -0.2) is 30.1 Å². The van der Waals surface area contributed by atoms with Gasteiger partial charge in [-0.3, -0.25) is 9.59 Å². The molecule has 0 aromatic heterocycles. The van der Waals surface area contributed by atoms with E-state index < -0.39 is 17.9 Å². The minimum Gasteiger partial charge on any atom is -0.496 e. The number of carbonyl (C=O) groups is 2. The lowest BCUT2D eigenvalue weighted by Crippen LogP contribution is -2.36. The molecule has 0 aliphatic heterocycles. The van der Waals surface area contributed by atoms with Gasteiger partial charge in [0.15, 0.2) is 0 Å². The molecule has 0 saturated heterocycles. The van der Waals surface area contributed by atoms with Crippen molar-refractivity contribution in [2.24, 2.45) is 0 Å². The molecule has 20 heavy (non-hydrogen) atoms. The molecular weight excluding hydrogens is 397 g/mol. The number of nitrogens with one attached hydrogen (secondary N) is 1. The second-order valence-electron chi connectivity index (χ2n) is 4.14. The van der Waals surface area contributed by atoms with Gasteiger partial charge in [0.05, 0.1) is 24.1 Å². The van der Waals surface area contributed by atoms with Crippen LogP contribution in [0.4, 0.5) is 0 Å². The van der Waals surface area contributed by atoms with E-state index in [-0.39, 0.29) is 6.42 Å². The molecule has 1 amide bonds. The summed E-state index contributed by atoms with van der Waals surface area (Å²) in [5.41, 5.74) is 0.293. The van der Waals surface area contributed by atoms with E-state index in [0.29, 0.717) is 22.8 Å². The Kier molecular flexibility index (Phi) is 6.54. The summed E-state index contributed by atoms with van der Waals surface area (Å²) in [4.78, 5) is 22.9. The Balaban J connectivity index is 2.96. The van der Waals surface area contributed by atoms with Crippen molar-refractivity contribution in [1.82, 2.24) is 5.32 Å². The summed E-state index contributed by atoms with van der Waals surface area (Å²) in [6.45, 7) is 1.81. The summed E-state index contributed by atoms with van der Waals surface area (Å²) in [5, 5.41) is 11.9. The number of rotatable bonds is 6. The average Bonchev–Trinajstić information content (AvgIpc) is 2.39. The van der Waals surface area contributed by atoms with E-state index in [1.165, 1.54) is 13.2 Å². The first-order valence-electron chi connectivity index (χ1n) is 5.94. The molecule has 0 fully saturated rings. The van der Waals surface area contributed by atoms with Crippen molar-refractivity contribution >= 4 is 46.1 Å². The third-order valence-corrected chi connectivity index (χ3v) is 4.26. The summed E-state index contributed by atoms with van der Waals surface area (Å²) >= 11 is 8.05. The van der Waals surface area contributed by atoms with E-state index in [4.69, 9.17) is 21.4 Å². The fourth-order valence-electron chi connectivity index (χ4n) is 1.65. The summed E-state index contributed by atoms with van der Waals surface area (Å²) in [7, 11) is 1.46. The fraction of sp³-hybridized carbons (Fsp3) is 0.385. The Hall–Kier alpha value is -1.02. The third-order valence-electron chi connectivity index (χ3n) is 2.74. The molecule has 0 aliphatic carbocycles. The molecule has 110 valence electrons. The van der Waals surface area contributed by atoms with Crippen LogP contribution in [0.2, 0.25) is 5.02 Å². The van der Waals surface area contributed by atoms with E-state index >= 15 is 0 Å². The van der Waals surface area contributed by atoms with Crippen molar-refractivity contribution in [2.45, 2.75) is 25.8 Å². The SMILES string of the molecule is CCC(CC(=O)O)NC(=O)c1cc(Cl)c(I)cc1OC. The fourth-order valence-corrected chi connectivity index (χ4v) is 2.25. The van der Waals surface area contributed by atoms with Crippen molar-refractivity contribution in [3.8, 4) is 5.75 Å². The molecule has 1 aromatic rings. The standard InChI is InChI=1S/C13H15ClINO4/c1-3-7(4-12(17)18)16-13(19)8-5-9(14)10(15)6-11(8)20-2/h5-7H,3-4H2,1-2H3,(H,16,19)(H,17,18). The number of ether oxygens (including phenoxy) is 1. The van der Waals surface area contributed by atoms with E-state index in [0.717, 1.165) is 3.57 Å². The molecule has 1 aromatic carbocycles. The van der Waals surface area contributed by atoms with E-state index in [9.17, 15) is 9.59 Å². The summed E-state index contributed by atoms with van der Waals surface area (Å²) in [5.74, 6) is -0.945. The Morgan fingerprint density at radius 1 is 1.50 bits per heavy atom. The van der Waals surface area contributed by atoms with Gasteiger partial charge in [0, 0.05) is 9.61 Å². The number of halogens is 2. The number of carboxylic acid groups (broad SMARTS) is 1. The maximum atomic E-state index is 12.2. The third kappa shape index (κ3) is 4.52. The Bertz CT molecular complexity index is 521. The number of hydrogen-bond donors (Lipinski definition) is 2. The van der Waals surface area contributed by atoms with Gasteiger partial charge >= 0.3 is 5.97 Å². The largest absolute Gasteiger partial charge is 0.496 e. The lowest BCUT2D eigenvalue weighted by Gasteiger charge is -2.16. The molecule has 0 radical (unpaired) electrons. The molecule has 2 N–H and O–H groups in total. The van der Waals surface area contributed by atoms with Crippen molar-refractivity contribution < 1.29 is 19.4 Å². The van der Waals surface area contributed by atoms with E-state index in [1.54, 1.807) is 6.07 Å². The molecule has 7 heteroatoms. The lowest BCUT2D eigenvalue weighted by atomic mass is 10.1. The van der Waals surface area contributed by atoms with Crippen LogP contribution in [0.15, 0.2) is 12.1 Å². The van der Waals surface area contributed by atoms with Crippen LogP contribution in [0.3, 0.4) is 0 Å². The van der Waals surface area contributed by atoms with Gasteiger partial charge in [-0.2, -0.15) is 0 Å². The zero-order valence-corrected chi connectivity index (χ0v) is 14.0. The number of aliphatic carboxylic acids is 1. The molecule has 1 unspecified atom stereocenters. The first-order chi connectivity index (χ1) is 9.38. The van der Waals surface area contributed by atoms with Crippen LogP contribution in [0.1, 0.15) is 30.1 Å². The zero-order chi connectivity index (χ0) is 15.3. The van der Waals surface area contributed by atoms with Gasteiger partial charge in [-0.25, -0.2) is 0 Å². The molecule has 0 aliphatic rings. The lowest BCUT2D eigenvalue weighted by molar-refractivity contribution is -0.137. The number of hydrogen-bond acceptors (Lipinski definition) is 3. The van der Waals surface area contributed by atoms with Gasteiger partial charge in [0.1, 0.15) is 5.75 Å². The van der Waals surface area contributed by atoms with E-state index in [2.05, 4.69) is 5.32 Å². The average molecular weight is 412 g/mol. The normalized spacial score (nSPS) is 11.8. The number of methoxy groups -OCH3 is 1. The highest BCUT2D eigenvalue weighted by Crippen LogP contribution is 2.28. The molecule has 0 spiro atoms. The maximum absolute atomic E-state index is 12.2. The highest BCUT2D eigenvalue weighted by Gasteiger charge is 2.19. The van der Waals surface area contributed by atoms with Crippen LogP contribution in [-0.2, 0) is 4.79 Å². The summed E-state index contributed by atoms with van der Waals surface area (Å²) in [6.07, 6.45) is 0.404. The molecule has 0 heterocycles. The first kappa shape index (κ1) is 17.0. The van der Waals surface area contributed by atoms with Gasteiger partial charge < -0.3 is 15.2 Å². The van der Waals surface area contributed by atoms with Crippen molar-refractivity contribution in [3.05, 3.63) is 26.3 Å². The highest BCUT2D eigenvalue weighted by molar-refractivity contribution is 14.1. The van der Waals surface area contributed by atoms with Crippen LogP contribution in [0.5, 0.6) is 5.75 Å². The maximum Gasteiger partial charge on any atom is 0.305 e. The summed E-state index contributed by atoms with van der Waals surface area (Å²) < 4.78 is 5.93. The van der Waals surface area contributed by atoms with Crippen molar-refractivity contribution in [3.63, 3.8) is 0 Å². The second kappa shape index (κ2) is 7.68. The van der Waals surface area contributed by atoms with Crippen LogP contribution in [0.25, 0.3) is 0 Å². The minimum absolute atomic E-state index is 0.122. The first-order valence-corrected chi connectivity index (χ1v) is 7.40. The Labute approximate surface area is 135 Å². The Morgan fingerprint density at radius 3 is 2.65 bits per heavy atom. The topological polar surface area (TPSA) is 75.6 Å². The van der Waals surface area contributed by atoms with Gasteiger partial charge in [0.25, 0.3) is 5.91 Å². The number of benzene rings is 1. The smallest absolute Gasteiger partial charge is 0.305 e. The summed E-state index contributed by atoms with van der Waals surface area (Å²) in [6, 6.07) is 2.75. The predicted molar refractivity (Wildman–Crippen MR) is 84.5 cm³/mol. The minimum atomic E-state index is -0.954. The molecule has 5 nitrogen and oxygen atoms in total. The van der Waals surface area contributed by atoms with E-state index in [1.807, 2.05) is 29.5 Å². The zero-order valence-electron chi connectivity index (χ0n) is 11.1. The molecule has 0 bridgehead atoms. The van der Waals surface area contributed by atoms with Gasteiger partial charge in [-0.15, -0.1) is 0 Å². The van der Waals surface area contributed by atoms with Crippen LogP contribution < -0.4 is 10.1 Å². The predicted octanol–water partition coefficient (Wildman–Crippen LogP) is 2.94. The number of carbonyl (C=O) groups excluding carboxylic acids is 1. The van der Waals surface area contributed by atoms with Crippen LogP contribution >= 0.6 is 34.2 Å². The number of amides is 1. The van der Waals surface area contributed by atoms with Gasteiger partial charge in [-0.05, 0) is 41.1 Å². The molecule has 1 rings (SSSR count). The molecular formula is C13H15ClINO4. The van der Waals surface area contributed by atoms with Gasteiger partial charge in [-0.1, -0.05) is 18.5 Å². The highest BCUT2D eigenvalue weighted by atomic mass is 127. The van der Waals surface area contributed by atoms with Crippen molar-refractivity contribution in [1.29, 1.82) is 0 Å². The second-order valence-corrected chi connectivity index (χ2v) is 5.71. The Morgan fingerprint density at radius 2 is 2.15 bits per heavy atom. The quantitative estimate of drug-likeness (QED) is 0.706. The molecule has 1 atom stereocenters. The number of carboxylic acids is 1. The molecule has 0 saturated carbocycles. The monoisotopic (exact) mass is 411 g/mol. The van der Waals surface area contributed by atoms with Crippen LogP contribution in [0, 0.1) is 3.57 Å². The van der Waals surface area contributed by atoms with Gasteiger partial charge in [0.2, 0.25) is 0 Å². The van der Waals surface area contributed by atoms with Crippen molar-refractivity contribution in [2.75, 3.05) is 7.11 Å².